The number of nitriles is 1. The fourth-order valence-electron chi connectivity index (χ4n) is 3.52. The minimum atomic E-state index is 0.434. The lowest BCUT2D eigenvalue weighted by Crippen LogP contribution is -2.31. The Morgan fingerprint density at radius 2 is 2.08 bits per heavy atom. The van der Waals surface area contributed by atoms with E-state index >= 15 is 0 Å². The van der Waals surface area contributed by atoms with Gasteiger partial charge in [0.05, 0.1) is 11.3 Å². The molecule has 1 aliphatic carbocycles. The average Bonchev–Trinajstić information content (AvgIpc) is 3.12. The lowest BCUT2D eigenvalue weighted by molar-refractivity contribution is 0.315. The van der Waals surface area contributed by atoms with Crippen LogP contribution in [0.5, 0.6) is 0 Å². The third kappa shape index (κ3) is 2.42. The van der Waals surface area contributed by atoms with Gasteiger partial charge in [-0.1, -0.05) is 0 Å². The molecule has 2 fully saturated rings. The Morgan fingerprint density at radius 1 is 1.33 bits per heavy atom. The van der Waals surface area contributed by atoms with Gasteiger partial charge < -0.3 is 14.2 Å². The highest BCUT2D eigenvalue weighted by atomic mass is 79.9. The molecule has 1 atom stereocenters. The molecule has 5 nitrogen and oxygen atoms in total. The fraction of sp³-hybridized carbons (Fsp3) is 0.556. The number of rotatable bonds is 3. The van der Waals surface area contributed by atoms with Crippen LogP contribution < -0.4 is 4.90 Å². The molecule has 4 rings (SSSR count). The number of anilines is 1. The fourth-order valence-corrected chi connectivity index (χ4v) is 4.15. The molecule has 0 unspecified atom stereocenters. The molecule has 1 aliphatic heterocycles. The maximum atomic E-state index is 9.60. The molecule has 0 radical (unpaired) electrons. The van der Waals surface area contributed by atoms with E-state index in [1.54, 1.807) is 0 Å². The summed E-state index contributed by atoms with van der Waals surface area (Å²) in [5.74, 6) is 1.23. The van der Waals surface area contributed by atoms with Crippen LogP contribution in [0, 0.1) is 18.3 Å². The molecule has 0 spiro atoms. The van der Waals surface area contributed by atoms with Gasteiger partial charge in [-0.15, -0.1) is 0 Å². The maximum Gasteiger partial charge on any atom is 0.198 e. The number of aromatic nitrogens is 1. The zero-order valence-corrected chi connectivity index (χ0v) is 15.9. The van der Waals surface area contributed by atoms with Gasteiger partial charge in [-0.2, -0.15) is 5.26 Å². The molecule has 6 heteroatoms. The average molecular weight is 389 g/mol. The van der Waals surface area contributed by atoms with Crippen molar-refractivity contribution >= 4 is 32.7 Å². The number of hydrogen-bond donors (Lipinski definition) is 0. The van der Waals surface area contributed by atoms with Crippen molar-refractivity contribution in [3.63, 3.8) is 0 Å². The van der Waals surface area contributed by atoms with Crippen molar-refractivity contribution in [2.45, 2.75) is 38.1 Å². The van der Waals surface area contributed by atoms with Gasteiger partial charge in [0.1, 0.15) is 11.6 Å². The molecule has 126 valence electrons. The smallest absolute Gasteiger partial charge is 0.198 e. The van der Waals surface area contributed by atoms with Gasteiger partial charge in [-0.25, -0.2) is 4.98 Å². The van der Waals surface area contributed by atoms with E-state index in [1.807, 2.05) is 6.92 Å². The van der Waals surface area contributed by atoms with Crippen LogP contribution in [0.25, 0.3) is 11.1 Å². The molecular weight excluding hydrogens is 368 g/mol. The molecule has 0 amide bonds. The van der Waals surface area contributed by atoms with Crippen LogP contribution >= 0.6 is 15.9 Å². The summed E-state index contributed by atoms with van der Waals surface area (Å²) in [5.41, 5.74) is 4.13. The summed E-state index contributed by atoms with van der Waals surface area (Å²) in [6.45, 7) is 3.93. The second-order valence-electron chi connectivity index (χ2n) is 7.13. The van der Waals surface area contributed by atoms with Gasteiger partial charge in [0, 0.05) is 29.5 Å². The third-order valence-electron chi connectivity index (χ3n) is 5.26. The highest BCUT2D eigenvalue weighted by Crippen LogP contribution is 2.46. The van der Waals surface area contributed by atoms with Gasteiger partial charge in [-0.05, 0) is 61.8 Å². The lowest BCUT2D eigenvalue weighted by atomic mass is 10.1. The molecule has 1 aromatic carbocycles. The summed E-state index contributed by atoms with van der Waals surface area (Å²) >= 11 is 3.73. The standard InChI is InChI=1S/C18H21BrN4O/c1-10-13(8-20)15-17(24-18(21-15)11-4-5-11)16(14(10)19)23-7-6-12(9-23)22(2)3/h11-12H,4-7,9H2,1-3H3/t12-/m0/s1. The maximum absolute atomic E-state index is 9.60. The highest BCUT2D eigenvalue weighted by Gasteiger charge is 2.33. The summed E-state index contributed by atoms with van der Waals surface area (Å²) in [6, 6.07) is 2.85. The van der Waals surface area contributed by atoms with E-state index in [2.05, 4.69) is 50.9 Å². The summed E-state index contributed by atoms with van der Waals surface area (Å²) in [6.07, 6.45) is 3.40. The molecule has 2 heterocycles. The number of fused-ring (bicyclic) bond motifs is 1. The van der Waals surface area contributed by atoms with Gasteiger partial charge in [0.15, 0.2) is 11.5 Å². The van der Waals surface area contributed by atoms with Gasteiger partial charge in [0.2, 0.25) is 0 Å². The first-order chi connectivity index (χ1) is 11.5. The third-order valence-corrected chi connectivity index (χ3v) is 6.23. The molecule has 1 saturated heterocycles. The summed E-state index contributed by atoms with van der Waals surface area (Å²) < 4.78 is 7.12. The number of hydrogen-bond acceptors (Lipinski definition) is 5. The molecule has 24 heavy (non-hydrogen) atoms. The molecule has 2 aliphatic rings. The number of benzene rings is 1. The predicted molar refractivity (Wildman–Crippen MR) is 97.4 cm³/mol. The van der Waals surface area contributed by atoms with Gasteiger partial charge in [0.25, 0.3) is 0 Å². The van der Waals surface area contributed by atoms with Gasteiger partial charge in [-0.3, -0.25) is 0 Å². The van der Waals surface area contributed by atoms with E-state index in [4.69, 9.17) is 4.42 Å². The van der Waals surface area contributed by atoms with Gasteiger partial charge >= 0.3 is 0 Å². The monoisotopic (exact) mass is 388 g/mol. The minimum Gasteiger partial charge on any atom is -0.438 e. The zero-order valence-electron chi connectivity index (χ0n) is 14.3. The Hall–Kier alpha value is -1.58. The number of oxazole rings is 1. The SMILES string of the molecule is Cc1c(Br)c(N2CC[C@H](N(C)C)C2)c2oc(C3CC3)nc2c1C#N. The van der Waals surface area contributed by atoms with Crippen molar-refractivity contribution in [3.8, 4) is 6.07 Å². The van der Waals surface area contributed by atoms with Crippen molar-refractivity contribution in [3.05, 3.63) is 21.5 Å². The number of likely N-dealkylation sites (N-methyl/N-ethyl adjacent to an activating group) is 1. The Morgan fingerprint density at radius 3 is 2.67 bits per heavy atom. The lowest BCUT2D eigenvalue weighted by Gasteiger charge is -2.23. The van der Waals surface area contributed by atoms with Crippen LogP contribution in [0.3, 0.4) is 0 Å². The highest BCUT2D eigenvalue weighted by molar-refractivity contribution is 9.10. The zero-order chi connectivity index (χ0) is 17.0. The topological polar surface area (TPSA) is 56.3 Å². The Kier molecular flexibility index (Phi) is 3.81. The first kappa shape index (κ1) is 15.9. The molecule has 0 N–H and O–H groups in total. The molecule has 1 saturated carbocycles. The van der Waals surface area contributed by atoms with E-state index < -0.39 is 0 Å². The quantitative estimate of drug-likeness (QED) is 0.800. The normalized spacial score (nSPS) is 21.0. The van der Waals surface area contributed by atoms with E-state index in [0.717, 1.165) is 65.1 Å². The second kappa shape index (κ2) is 5.75. The van der Waals surface area contributed by atoms with Crippen LogP contribution in [0.2, 0.25) is 0 Å². The Bertz CT molecular complexity index is 847. The molecule has 2 aromatic rings. The van der Waals surface area contributed by atoms with Crippen LogP contribution in [0.4, 0.5) is 5.69 Å². The summed E-state index contributed by atoms with van der Waals surface area (Å²) in [7, 11) is 4.25. The first-order valence-electron chi connectivity index (χ1n) is 8.45. The van der Waals surface area contributed by atoms with E-state index in [1.165, 1.54) is 0 Å². The predicted octanol–water partition coefficient (Wildman–Crippen LogP) is 3.79. The Labute approximate surface area is 150 Å². The van der Waals surface area contributed by atoms with E-state index in [0.29, 0.717) is 17.5 Å². The van der Waals surface area contributed by atoms with E-state index in [-0.39, 0.29) is 0 Å². The van der Waals surface area contributed by atoms with Crippen molar-refractivity contribution in [1.82, 2.24) is 9.88 Å². The first-order valence-corrected chi connectivity index (χ1v) is 9.24. The van der Waals surface area contributed by atoms with Crippen molar-refractivity contribution < 1.29 is 4.42 Å². The largest absolute Gasteiger partial charge is 0.438 e. The second-order valence-corrected chi connectivity index (χ2v) is 7.92. The van der Waals surface area contributed by atoms with Crippen LogP contribution in [0.15, 0.2) is 8.89 Å². The summed E-state index contributed by atoms with van der Waals surface area (Å²) in [5, 5.41) is 9.60. The van der Waals surface area contributed by atoms with Crippen molar-refractivity contribution in [2.75, 3.05) is 32.1 Å². The summed E-state index contributed by atoms with van der Waals surface area (Å²) in [4.78, 5) is 9.33. The van der Waals surface area contributed by atoms with Crippen molar-refractivity contribution in [1.29, 1.82) is 5.26 Å². The molecular formula is C18H21BrN4O. The number of halogens is 1. The molecule has 0 bridgehead atoms. The van der Waals surface area contributed by atoms with Crippen LogP contribution in [0.1, 0.15) is 42.2 Å². The Balaban J connectivity index is 1.88. The number of nitrogens with zero attached hydrogens (tertiary/aromatic N) is 4. The van der Waals surface area contributed by atoms with Crippen LogP contribution in [-0.2, 0) is 0 Å². The van der Waals surface area contributed by atoms with Crippen LogP contribution in [-0.4, -0.2) is 43.1 Å². The minimum absolute atomic E-state index is 0.434. The van der Waals surface area contributed by atoms with E-state index in [9.17, 15) is 5.26 Å². The van der Waals surface area contributed by atoms with Crippen molar-refractivity contribution in [2.24, 2.45) is 0 Å². The molecule has 1 aromatic heterocycles.